The lowest BCUT2D eigenvalue weighted by molar-refractivity contribution is -0.181. The van der Waals surface area contributed by atoms with E-state index in [4.69, 9.17) is 4.74 Å². The van der Waals surface area contributed by atoms with Crippen molar-refractivity contribution in [1.82, 2.24) is 0 Å². The maximum absolute atomic E-state index is 13.5. The van der Waals surface area contributed by atoms with Crippen LogP contribution in [0.2, 0.25) is 0 Å². The highest BCUT2D eigenvalue weighted by Crippen LogP contribution is 2.67. The van der Waals surface area contributed by atoms with Crippen LogP contribution in [0, 0.1) is 34.5 Å². The molecule has 1 N–H and O–H groups in total. The second-order valence-corrected chi connectivity index (χ2v) is 10.3. The molecule has 6 heteroatoms. The number of ether oxygens (including phenoxy) is 1. The summed E-state index contributed by atoms with van der Waals surface area (Å²) in [5.41, 5.74) is -2.91. The van der Waals surface area contributed by atoms with E-state index in [2.05, 4.69) is 6.92 Å². The predicted molar refractivity (Wildman–Crippen MR) is 104 cm³/mol. The van der Waals surface area contributed by atoms with Gasteiger partial charge in [0.05, 0.1) is 5.41 Å². The van der Waals surface area contributed by atoms with Gasteiger partial charge < -0.3 is 9.84 Å². The molecule has 0 aliphatic heterocycles. The molecule has 4 rings (SSSR count). The second-order valence-electron chi connectivity index (χ2n) is 10.3. The molecule has 29 heavy (non-hydrogen) atoms. The summed E-state index contributed by atoms with van der Waals surface area (Å²) in [7, 11) is 0. The summed E-state index contributed by atoms with van der Waals surface area (Å²) in [5, 5.41) is 11.4. The smallest absolute Gasteiger partial charge is 0.303 e. The molecule has 4 aliphatic carbocycles. The molecule has 6 nitrogen and oxygen atoms in total. The maximum Gasteiger partial charge on any atom is 0.303 e. The van der Waals surface area contributed by atoms with Crippen molar-refractivity contribution >= 4 is 23.3 Å². The lowest BCUT2D eigenvalue weighted by Crippen LogP contribution is -2.63. The first-order valence-electron chi connectivity index (χ1n) is 11.0. The largest absolute Gasteiger partial charge is 0.458 e. The number of hydrogen-bond donors (Lipinski definition) is 1. The van der Waals surface area contributed by atoms with Crippen molar-refractivity contribution in [2.45, 2.75) is 77.7 Å². The third-order valence-electron chi connectivity index (χ3n) is 9.35. The lowest BCUT2D eigenvalue weighted by atomic mass is 9.44. The molecule has 0 heterocycles. The van der Waals surface area contributed by atoms with Crippen LogP contribution in [0.1, 0.15) is 72.1 Å². The van der Waals surface area contributed by atoms with E-state index in [1.54, 1.807) is 6.92 Å². The van der Waals surface area contributed by atoms with E-state index in [0.717, 1.165) is 19.3 Å². The zero-order valence-electron chi connectivity index (χ0n) is 17.7. The average Bonchev–Trinajstić information content (AvgIpc) is 2.95. The molecule has 0 amide bonds. The molecule has 7 unspecified atom stereocenters. The predicted octanol–water partition coefficient (Wildman–Crippen LogP) is 2.64. The van der Waals surface area contributed by atoms with Crippen LogP contribution in [0.15, 0.2) is 0 Å². The number of Topliss-reactive ketones (excluding diaryl/α,β-unsaturated/α-hetero) is 3. The number of fused-ring (bicyclic) bond motifs is 5. The van der Waals surface area contributed by atoms with Crippen LogP contribution < -0.4 is 0 Å². The van der Waals surface area contributed by atoms with Gasteiger partial charge in [0.15, 0.2) is 6.61 Å². The van der Waals surface area contributed by atoms with Crippen LogP contribution in [0.3, 0.4) is 0 Å². The van der Waals surface area contributed by atoms with Crippen molar-refractivity contribution in [3.63, 3.8) is 0 Å². The molecule has 160 valence electrons. The van der Waals surface area contributed by atoms with E-state index in [1.165, 1.54) is 6.92 Å². The lowest BCUT2D eigenvalue weighted by Gasteiger charge is -2.60. The minimum Gasteiger partial charge on any atom is -0.458 e. The van der Waals surface area contributed by atoms with E-state index in [1.807, 2.05) is 0 Å². The standard InChI is InChI=1S/C23H32O6/c1-13(24)29-12-20(27)23(28)9-7-17-16-5-4-14-10-15(25)6-8-21(14,2)18(16)11-19(26)22(17,23)3/h14,16-18,28H,4-12H2,1-3H3. The van der Waals surface area contributed by atoms with Gasteiger partial charge in [0.2, 0.25) is 5.78 Å². The summed E-state index contributed by atoms with van der Waals surface area (Å²) in [5.74, 6) is -0.0534. The van der Waals surface area contributed by atoms with Gasteiger partial charge in [-0.05, 0) is 68.1 Å². The number of carbonyl (C=O) groups excluding carboxylic acids is 4. The Morgan fingerprint density at radius 3 is 2.48 bits per heavy atom. The zero-order chi connectivity index (χ0) is 21.2. The summed E-state index contributed by atoms with van der Waals surface area (Å²) in [6, 6.07) is 0. The molecular weight excluding hydrogens is 372 g/mol. The monoisotopic (exact) mass is 404 g/mol. The molecule has 0 saturated heterocycles. The van der Waals surface area contributed by atoms with E-state index < -0.39 is 29.4 Å². The van der Waals surface area contributed by atoms with Gasteiger partial charge in [-0.15, -0.1) is 0 Å². The first-order valence-corrected chi connectivity index (χ1v) is 11.0. The molecule has 0 bridgehead atoms. The van der Waals surface area contributed by atoms with Crippen molar-refractivity contribution in [3.05, 3.63) is 0 Å². The first-order chi connectivity index (χ1) is 13.5. The van der Waals surface area contributed by atoms with E-state index in [-0.39, 0.29) is 35.4 Å². The van der Waals surface area contributed by atoms with Gasteiger partial charge in [-0.2, -0.15) is 0 Å². The highest BCUT2D eigenvalue weighted by atomic mass is 16.5. The average molecular weight is 405 g/mol. The zero-order valence-corrected chi connectivity index (χ0v) is 17.7. The molecule has 0 radical (unpaired) electrons. The fraction of sp³-hybridized carbons (Fsp3) is 0.826. The van der Waals surface area contributed by atoms with E-state index >= 15 is 0 Å². The van der Waals surface area contributed by atoms with E-state index in [0.29, 0.717) is 37.4 Å². The summed E-state index contributed by atoms with van der Waals surface area (Å²) in [4.78, 5) is 49.5. The second kappa shape index (κ2) is 6.73. The Bertz CT molecular complexity index is 773. The fourth-order valence-electron chi connectivity index (χ4n) is 7.52. The van der Waals surface area contributed by atoms with Crippen molar-refractivity contribution in [2.75, 3.05) is 6.61 Å². The quantitative estimate of drug-likeness (QED) is 0.726. The normalized spacial score (nSPS) is 46.5. The molecule has 4 fully saturated rings. The molecule has 7 atom stereocenters. The molecular formula is C23H32O6. The fourth-order valence-corrected chi connectivity index (χ4v) is 7.52. The number of esters is 1. The van der Waals surface area contributed by atoms with Gasteiger partial charge in [0.1, 0.15) is 17.2 Å². The molecule has 4 saturated carbocycles. The van der Waals surface area contributed by atoms with Crippen LogP contribution in [0.5, 0.6) is 0 Å². The van der Waals surface area contributed by atoms with E-state index in [9.17, 15) is 24.3 Å². The van der Waals surface area contributed by atoms with Gasteiger partial charge in [0.25, 0.3) is 0 Å². The van der Waals surface area contributed by atoms with Crippen LogP contribution in [-0.2, 0) is 23.9 Å². The summed E-state index contributed by atoms with van der Waals surface area (Å²) in [6.07, 6.45) is 5.21. The highest BCUT2D eigenvalue weighted by Gasteiger charge is 2.70. The van der Waals surface area contributed by atoms with Crippen LogP contribution in [0.25, 0.3) is 0 Å². The first kappa shape index (κ1) is 20.7. The van der Waals surface area contributed by atoms with Crippen molar-refractivity contribution in [2.24, 2.45) is 34.5 Å². The Balaban J connectivity index is 1.64. The van der Waals surface area contributed by atoms with Gasteiger partial charge in [-0.1, -0.05) is 6.92 Å². The summed E-state index contributed by atoms with van der Waals surface area (Å²) >= 11 is 0. The molecule has 4 aliphatic rings. The Hall–Kier alpha value is -1.56. The minimum absolute atomic E-state index is 0.0176. The highest BCUT2D eigenvalue weighted by molar-refractivity contribution is 5.99. The Morgan fingerprint density at radius 2 is 1.79 bits per heavy atom. The minimum atomic E-state index is -1.77. The van der Waals surface area contributed by atoms with Gasteiger partial charge in [-0.25, -0.2) is 0 Å². The molecule has 0 aromatic heterocycles. The van der Waals surface area contributed by atoms with Crippen molar-refractivity contribution in [3.8, 4) is 0 Å². The van der Waals surface area contributed by atoms with Crippen LogP contribution >= 0.6 is 0 Å². The van der Waals surface area contributed by atoms with Gasteiger partial charge in [-0.3, -0.25) is 19.2 Å². The Kier molecular flexibility index (Phi) is 4.80. The number of aliphatic hydroxyl groups is 1. The van der Waals surface area contributed by atoms with Gasteiger partial charge in [0, 0.05) is 26.2 Å². The van der Waals surface area contributed by atoms with Crippen molar-refractivity contribution < 1.29 is 29.0 Å². The summed E-state index contributed by atoms with van der Waals surface area (Å²) in [6.45, 7) is 4.75. The van der Waals surface area contributed by atoms with Crippen molar-refractivity contribution in [1.29, 1.82) is 0 Å². The molecule has 0 aromatic rings. The number of ketones is 3. The summed E-state index contributed by atoms with van der Waals surface area (Å²) < 4.78 is 4.85. The Labute approximate surface area is 171 Å². The number of hydrogen-bond acceptors (Lipinski definition) is 6. The van der Waals surface area contributed by atoms with Crippen LogP contribution in [0.4, 0.5) is 0 Å². The number of rotatable bonds is 3. The molecule has 0 spiro atoms. The van der Waals surface area contributed by atoms with Gasteiger partial charge >= 0.3 is 5.97 Å². The topological polar surface area (TPSA) is 97.7 Å². The number of carbonyl (C=O) groups is 4. The Morgan fingerprint density at radius 1 is 1.07 bits per heavy atom. The van der Waals surface area contributed by atoms with Crippen LogP contribution in [-0.4, -0.2) is 40.6 Å². The maximum atomic E-state index is 13.5. The third-order valence-corrected chi connectivity index (χ3v) is 9.35. The SMILES string of the molecule is CC(=O)OCC(=O)C1(O)CCC2C3CCC4CC(=O)CCC4(C)C3CC(=O)C21C. The third kappa shape index (κ3) is 2.77. The molecule has 0 aromatic carbocycles.